The van der Waals surface area contributed by atoms with Crippen LogP contribution < -0.4 is 0 Å². The van der Waals surface area contributed by atoms with Crippen LogP contribution in [-0.2, 0) is 0 Å². The summed E-state index contributed by atoms with van der Waals surface area (Å²) in [5.74, 6) is 0. The zero-order valence-corrected chi connectivity index (χ0v) is 10.4. The van der Waals surface area contributed by atoms with Crippen LogP contribution in [0.15, 0.2) is 36.7 Å². The van der Waals surface area contributed by atoms with Crippen LogP contribution in [0.5, 0.6) is 0 Å². The van der Waals surface area contributed by atoms with Crippen molar-refractivity contribution in [1.82, 2.24) is 4.98 Å². The molecule has 1 heterocycles. The minimum absolute atomic E-state index is 0.571. The van der Waals surface area contributed by atoms with Crippen molar-refractivity contribution in [2.24, 2.45) is 0 Å². The third-order valence-corrected chi connectivity index (χ3v) is 3.03. The molecule has 0 fully saturated rings. The molecule has 2 rings (SSSR count). The number of hydrogen-bond donors (Lipinski definition) is 1. The number of nitrogens with zero attached hydrogens (tertiary/aromatic N) is 1. The molecule has 0 bridgehead atoms. The lowest BCUT2D eigenvalue weighted by Gasteiger charge is -2.17. The van der Waals surface area contributed by atoms with E-state index < -0.39 is 6.10 Å². The quantitative estimate of drug-likeness (QED) is 0.855. The van der Waals surface area contributed by atoms with Gasteiger partial charge >= 0.3 is 0 Å². The van der Waals surface area contributed by atoms with E-state index in [1.165, 1.54) is 5.56 Å². The summed E-state index contributed by atoms with van der Waals surface area (Å²) in [6, 6.07) is 7.91. The van der Waals surface area contributed by atoms with Gasteiger partial charge in [-0.05, 0) is 55.2 Å². The van der Waals surface area contributed by atoms with E-state index in [2.05, 4.69) is 24.0 Å². The second-order valence-corrected chi connectivity index (χ2v) is 4.50. The molecule has 1 N–H and O–H groups in total. The molecule has 0 radical (unpaired) electrons. The number of pyridine rings is 1. The Morgan fingerprint density at radius 1 is 1.00 bits per heavy atom. The van der Waals surface area contributed by atoms with Gasteiger partial charge in [-0.3, -0.25) is 4.98 Å². The molecule has 0 aliphatic rings. The third kappa shape index (κ3) is 2.37. The summed E-state index contributed by atoms with van der Waals surface area (Å²) in [4.78, 5) is 3.97. The minimum atomic E-state index is -0.571. The van der Waals surface area contributed by atoms with Gasteiger partial charge in [-0.15, -0.1) is 0 Å². The van der Waals surface area contributed by atoms with Crippen LogP contribution in [-0.4, -0.2) is 10.1 Å². The van der Waals surface area contributed by atoms with Crippen molar-refractivity contribution in [3.63, 3.8) is 0 Å². The largest absolute Gasteiger partial charge is 0.384 e. The van der Waals surface area contributed by atoms with Crippen molar-refractivity contribution in [3.8, 4) is 0 Å². The fourth-order valence-electron chi connectivity index (χ4n) is 2.33. The van der Waals surface area contributed by atoms with Gasteiger partial charge in [0.05, 0.1) is 0 Å². The molecule has 1 atom stereocenters. The number of aliphatic hydroxyl groups is 1. The van der Waals surface area contributed by atoms with Crippen LogP contribution in [0.2, 0.25) is 0 Å². The van der Waals surface area contributed by atoms with Crippen LogP contribution in [0, 0.1) is 20.8 Å². The first-order chi connectivity index (χ1) is 8.09. The van der Waals surface area contributed by atoms with Gasteiger partial charge < -0.3 is 5.11 Å². The first kappa shape index (κ1) is 11.8. The van der Waals surface area contributed by atoms with E-state index in [0.29, 0.717) is 0 Å². The molecule has 0 spiro atoms. The van der Waals surface area contributed by atoms with E-state index in [9.17, 15) is 5.11 Å². The van der Waals surface area contributed by atoms with Gasteiger partial charge in [-0.2, -0.15) is 0 Å². The maximum Gasteiger partial charge on any atom is 0.105 e. The Morgan fingerprint density at radius 2 is 1.53 bits per heavy atom. The highest BCUT2D eigenvalue weighted by Crippen LogP contribution is 2.28. The maximum absolute atomic E-state index is 10.4. The summed E-state index contributed by atoms with van der Waals surface area (Å²) in [6.45, 7) is 6.15. The zero-order valence-electron chi connectivity index (χ0n) is 10.4. The van der Waals surface area contributed by atoms with Gasteiger partial charge in [0.15, 0.2) is 0 Å². The lowest BCUT2D eigenvalue weighted by molar-refractivity contribution is 0.218. The van der Waals surface area contributed by atoms with Crippen molar-refractivity contribution in [2.45, 2.75) is 26.9 Å². The predicted molar refractivity (Wildman–Crippen MR) is 69.0 cm³/mol. The molecule has 0 saturated heterocycles. The fourth-order valence-corrected chi connectivity index (χ4v) is 2.33. The number of benzene rings is 1. The maximum atomic E-state index is 10.4. The summed E-state index contributed by atoms with van der Waals surface area (Å²) in [5, 5.41) is 10.4. The number of aliphatic hydroxyl groups excluding tert-OH is 1. The molecule has 17 heavy (non-hydrogen) atoms. The molecular formula is C15H17NO. The first-order valence-corrected chi connectivity index (χ1v) is 5.75. The van der Waals surface area contributed by atoms with E-state index in [4.69, 9.17) is 0 Å². The highest BCUT2D eigenvalue weighted by atomic mass is 16.3. The topological polar surface area (TPSA) is 33.1 Å². The Bertz CT molecular complexity index is 497. The van der Waals surface area contributed by atoms with Crippen molar-refractivity contribution < 1.29 is 5.11 Å². The van der Waals surface area contributed by atoms with Crippen molar-refractivity contribution in [3.05, 3.63) is 64.5 Å². The van der Waals surface area contributed by atoms with Gasteiger partial charge in [0.2, 0.25) is 0 Å². The highest BCUT2D eigenvalue weighted by Gasteiger charge is 2.15. The monoisotopic (exact) mass is 227 g/mol. The second kappa shape index (κ2) is 4.68. The highest BCUT2D eigenvalue weighted by molar-refractivity contribution is 5.42. The lowest BCUT2D eigenvalue weighted by atomic mass is 9.92. The Balaban J connectivity index is 2.48. The SMILES string of the molecule is Cc1cc(C)c(C(O)c2ccncc2)c(C)c1. The summed E-state index contributed by atoms with van der Waals surface area (Å²) < 4.78 is 0. The van der Waals surface area contributed by atoms with Gasteiger partial charge in [0.1, 0.15) is 6.10 Å². The Hall–Kier alpha value is -1.67. The van der Waals surface area contributed by atoms with Crippen molar-refractivity contribution in [2.75, 3.05) is 0 Å². The molecule has 1 aromatic heterocycles. The molecule has 0 saturated carbocycles. The van der Waals surface area contributed by atoms with Gasteiger partial charge in [0, 0.05) is 12.4 Å². The van der Waals surface area contributed by atoms with Crippen LogP contribution in [0.1, 0.15) is 33.9 Å². The van der Waals surface area contributed by atoms with Crippen LogP contribution in [0.25, 0.3) is 0 Å². The van der Waals surface area contributed by atoms with Crippen LogP contribution in [0.3, 0.4) is 0 Å². The molecule has 2 aromatic rings. The van der Waals surface area contributed by atoms with Gasteiger partial charge in [-0.1, -0.05) is 17.7 Å². The summed E-state index contributed by atoms with van der Waals surface area (Å²) >= 11 is 0. The molecular weight excluding hydrogens is 210 g/mol. The molecule has 88 valence electrons. The molecule has 1 unspecified atom stereocenters. The van der Waals surface area contributed by atoms with Crippen molar-refractivity contribution in [1.29, 1.82) is 0 Å². The second-order valence-electron chi connectivity index (χ2n) is 4.50. The summed E-state index contributed by atoms with van der Waals surface area (Å²) in [6.07, 6.45) is 2.84. The van der Waals surface area contributed by atoms with Gasteiger partial charge in [0.25, 0.3) is 0 Å². The summed E-state index contributed by atoms with van der Waals surface area (Å²) in [5.41, 5.74) is 5.38. The Labute approximate surface area is 102 Å². The summed E-state index contributed by atoms with van der Waals surface area (Å²) in [7, 11) is 0. The van der Waals surface area contributed by atoms with E-state index in [0.717, 1.165) is 22.3 Å². The molecule has 1 aromatic carbocycles. The van der Waals surface area contributed by atoms with E-state index in [1.807, 2.05) is 26.0 Å². The molecule has 0 aliphatic heterocycles. The van der Waals surface area contributed by atoms with E-state index >= 15 is 0 Å². The van der Waals surface area contributed by atoms with Crippen LogP contribution >= 0.6 is 0 Å². The normalized spacial score (nSPS) is 12.5. The first-order valence-electron chi connectivity index (χ1n) is 5.75. The smallest absolute Gasteiger partial charge is 0.105 e. The lowest BCUT2D eigenvalue weighted by Crippen LogP contribution is -2.05. The Kier molecular flexibility index (Phi) is 3.25. The molecule has 2 nitrogen and oxygen atoms in total. The average Bonchev–Trinajstić information content (AvgIpc) is 2.28. The Morgan fingerprint density at radius 3 is 2.06 bits per heavy atom. The van der Waals surface area contributed by atoms with E-state index in [1.54, 1.807) is 12.4 Å². The fraction of sp³-hybridized carbons (Fsp3) is 0.267. The predicted octanol–water partition coefficient (Wildman–Crippen LogP) is 3.09. The molecule has 0 aliphatic carbocycles. The number of hydrogen-bond acceptors (Lipinski definition) is 2. The zero-order chi connectivity index (χ0) is 12.4. The van der Waals surface area contributed by atoms with E-state index in [-0.39, 0.29) is 0 Å². The third-order valence-electron chi connectivity index (χ3n) is 3.03. The standard InChI is InChI=1S/C15H17NO/c1-10-8-11(2)14(12(3)9-10)15(17)13-4-6-16-7-5-13/h4-9,15,17H,1-3H3. The molecule has 2 heteroatoms. The number of aromatic nitrogens is 1. The average molecular weight is 227 g/mol. The minimum Gasteiger partial charge on any atom is -0.384 e. The van der Waals surface area contributed by atoms with Crippen LogP contribution in [0.4, 0.5) is 0 Å². The molecule has 0 amide bonds. The number of aryl methyl sites for hydroxylation is 3. The van der Waals surface area contributed by atoms with Gasteiger partial charge in [-0.25, -0.2) is 0 Å². The number of rotatable bonds is 2. The van der Waals surface area contributed by atoms with Crippen molar-refractivity contribution >= 4 is 0 Å².